The molecule has 166 valence electrons. The summed E-state index contributed by atoms with van der Waals surface area (Å²) in [5, 5.41) is 23.7. The second-order valence-corrected chi connectivity index (χ2v) is 9.28. The Labute approximate surface area is 194 Å². The minimum Gasteiger partial charge on any atom is -0.360 e. The van der Waals surface area contributed by atoms with Gasteiger partial charge >= 0.3 is 0 Å². The lowest BCUT2D eigenvalue weighted by Gasteiger charge is -2.26. The van der Waals surface area contributed by atoms with Gasteiger partial charge in [-0.25, -0.2) is 0 Å². The molecule has 1 aliphatic heterocycles. The molecule has 0 atom stereocenters. The van der Waals surface area contributed by atoms with Crippen LogP contribution in [0.15, 0.2) is 29.1 Å². The maximum Gasteiger partial charge on any atom is 0.270 e. The first-order valence-corrected chi connectivity index (χ1v) is 12.2. The fourth-order valence-corrected chi connectivity index (χ4v) is 5.39. The monoisotopic (exact) mass is 468 g/mol. The smallest absolute Gasteiger partial charge is 0.270 e. The largest absolute Gasteiger partial charge is 0.360 e. The van der Waals surface area contributed by atoms with Crippen LogP contribution in [0, 0.1) is 22.7 Å². The van der Waals surface area contributed by atoms with E-state index in [0.717, 1.165) is 48.2 Å². The van der Waals surface area contributed by atoms with E-state index in [4.69, 9.17) is 5.26 Å². The van der Waals surface area contributed by atoms with Crippen molar-refractivity contribution in [1.82, 2.24) is 14.8 Å². The first-order valence-electron chi connectivity index (χ1n) is 10.2. The molecule has 1 saturated heterocycles. The molecule has 2 aromatic rings. The Morgan fingerprint density at radius 1 is 1.28 bits per heavy atom. The van der Waals surface area contributed by atoms with Gasteiger partial charge in [0.1, 0.15) is 21.8 Å². The Bertz CT molecular complexity index is 1230. The van der Waals surface area contributed by atoms with Crippen LogP contribution in [-0.2, 0) is 17.9 Å². The van der Waals surface area contributed by atoms with E-state index in [1.807, 2.05) is 30.0 Å². The maximum absolute atomic E-state index is 12.8. The summed E-state index contributed by atoms with van der Waals surface area (Å²) in [6.07, 6.45) is 1.61. The van der Waals surface area contributed by atoms with Crippen LogP contribution in [0.1, 0.15) is 12.5 Å². The molecule has 32 heavy (non-hydrogen) atoms. The molecule has 1 aliphatic rings. The summed E-state index contributed by atoms with van der Waals surface area (Å²) in [4.78, 5) is 27.5. The van der Waals surface area contributed by atoms with Crippen LogP contribution in [0.2, 0.25) is 0 Å². The number of thiazole rings is 1. The Kier molecular flexibility index (Phi) is 8.51. The van der Waals surface area contributed by atoms with Crippen LogP contribution < -0.4 is 25.4 Å². The molecule has 0 aliphatic carbocycles. The third-order valence-electron chi connectivity index (χ3n) is 4.91. The minimum absolute atomic E-state index is 0.175. The summed E-state index contributed by atoms with van der Waals surface area (Å²) < 4.78 is 2.06. The van der Waals surface area contributed by atoms with Crippen molar-refractivity contribution in [1.29, 1.82) is 10.5 Å². The number of rotatable bonds is 7. The topological polar surface area (TPSA) is 114 Å². The predicted octanol–water partition coefficient (Wildman–Crippen LogP) is 0.643. The van der Waals surface area contributed by atoms with Crippen LogP contribution >= 0.6 is 23.1 Å². The fourth-order valence-electron chi connectivity index (χ4n) is 3.32. The first kappa shape index (κ1) is 23.6. The number of carbonyl (C=O) groups excluding carboxylic acids is 1. The van der Waals surface area contributed by atoms with E-state index in [-0.39, 0.29) is 22.3 Å². The maximum atomic E-state index is 12.8. The molecule has 0 bridgehead atoms. The number of anilines is 1. The number of hydrogen-bond donors (Lipinski definition) is 2. The third kappa shape index (κ3) is 5.80. The Morgan fingerprint density at radius 2 is 2.06 bits per heavy atom. The summed E-state index contributed by atoms with van der Waals surface area (Å²) >= 11 is 3.06. The van der Waals surface area contributed by atoms with Gasteiger partial charge in [-0.3, -0.25) is 19.1 Å². The number of amides is 1. The molecule has 2 heterocycles. The first-order chi connectivity index (χ1) is 15.6. The van der Waals surface area contributed by atoms with Gasteiger partial charge < -0.3 is 10.6 Å². The van der Waals surface area contributed by atoms with Crippen molar-refractivity contribution in [3.63, 3.8) is 0 Å². The van der Waals surface area contributed by atoms with Crippen molar-refractivity contribution in [2.24, 2.45) is 0 Å². The Balaban J connectivity index is 1.88. The molecule has 0 radical (unpaired) electrons. The molecule has 1 aromatic carbocycles. The highest BCUT2D eigenvalue weighted by Gasteiger charge is 2.15. The zero-order chi connectivity index (χ0) is 22.9. The van der Waals surface area contributed by atoms with Gasteiger partial charge in [-0.1, -0.05) is 12.1 Å². The lowest BCUT2D eigenvalue weighted by molar-refractivity contribution is -0.115. The van der Waals surface area contributed by atoms with Gasteiger partial charge in [-0.2, -0.15) is 22.3 Å². The molecule has 3 rings (SSSR count). The Morgan fingerprint density at radius 3 is 2.75 bits per heavy atom. The van der Waals surface area contributed by atoms with Crippen LogP contribution in [-0.4, -0.2) is 46.5 Å². The van der Waals surface area contributed by atoms with Crippen LogP contribution in [0.25, 0.3) is 11.8 Å². The van der Waals surface area contributed by atoms with Gasteiger partial charge in [0.15, 0.2) is 5.57 Å². The number of aromatic nitrogens is 1. The summed E-state index contributed by atoms with van der Waals surface area (Å²) in [7, 11) is 0. The van der Waals surface area contributed by atoms with Crippen molar-refractivity contribution in [3.05, 3.63) is 49.4 Å². The van der Waals surface area contributed by atoms with E-state index in [2.05, 4.69) is 27.7 Å². The molecular formula is C22H24N6O2S2. The second-order valence-electron chi connectivity index (χ2n) is 7.03. The number of nitrogens with zero attached hydrogens (tertiary/aromatic N) is 4. The summed E-state index contributed by atoms with van der Waals surface area (Å²) in [5.41, 5.74) is 1.61. The van der Waals surface area contributed by atoms with E-state index >= 15 is 0 Å². The van der Waals surface area contributed by atoms with Gasteiger partial charge in [0.05, 0.1) is 6.07 Å². The zero-order valence-electron chi connectivity index (χ0n) is 17.8. The minimum atomic E-state index is -0.666. The summed E-state index contributed by atoms with van der Waals surface area (Å²) in [6, 6.07) is 11.7. The highest BCUT2D eigenvalue weighted by molar-refractivity contribution is 7.99. The zero-order valence-corrected chi connectivity index (χ0v) is 19.4. The highest BCUT2D eigenvalue weighted by Crippen LogP contribution is 2.16. The number of hydrogen-bond acceptors (Lipinski definition) is 8. The van der Waals surface area contributed by atoms with Crippen molar-refractivity contribution >= 4 is 46.5 Å². The van der Waals surface area contributed by atoms with Crippen molar-refractivity contribution in [2.75, 3.05) is 36.5 Å². The van der Waals surface area contributed by atoms with Crippen molar-refractivity contribution in [2.45, 2.75) is 20.0 Å². The molecule has 1 fully saturated rings. The molecule has 1 aromatic heterocycles. The quantitative estimate of drug-likeness (QED) is 0.573. The van der Waals surface area contributed by atoms with Crippen molar-refractivity contribution in [3.8, 4) is 12.1 Å². The van der Waals surface area contributed by atoms with Crippen LogP contribution in [0.3, 0.4) is 0 Å². The average molecular weight is 469 g/mol. The molecule has 0 saturated carbocycles. The van der Waals surface area contributed by atoms with E-state index in [9.17, 15) is 14.9 Å². The van der Waals surface area contributed by atoms with Crippen molar-refractivity contribution < 1.29 is 4.79 Å². The number of carbonyl (C=O) groups is 1. The standard InChI is InChI=1S/C22H24N6O2S2/c1-2-28-21(30)19(32-22(28)18(13-24)20(29)25-7-6-23)14-26-17-5-3-4-16(12-17)15-27-8-10-31-11-9-27/h3-5,12,14,26H,2,7-11,15H2,1H3,(H,25,29). The van der Waals surface area contributed by atoms with Gasteiger partial charge in [0.25, 0.3) is 11.5 Å². The van der Waals surface area contributed by atoms with Gasteiger partial charge in [-0.15, -0.1) is 11.3 Å². The van der Waals surface area contributed by atoms with Gasteiger partial charge in [0, 0.05) is 49.6 Å². The normalized spacial score (nSPS) is 15.5. The lowest BCUT2D eigenvalue weighted by Crippen LogP contribution is -2.34. The average Bonchev–Trinajstić information content (AvgIpc) is 3.12. The lowest BCUT2D eigenvalue weighted by atomic mass is 10.2. The number of benzene rings is 1. The third-order valence-corrected chi connectivity index (χ3v) is 6.98. The number of thioether (sulfide) groups is 1. The van der Waals surface area contributed by atoms with E-state index in [0.29, 0.717) is 11.1 Å². The van der Waals surface area contributed by atoms with E-state index in [1.165, 1.54) is 10.1 Å². The molecule has 0 unspecified atom stereocenters. The molecular weight excluding hydrogens is 444 g/mol. The Hall–Kier alpha value is -3.05. The molecule has 8 nitrogen and oxygen atoms in total. The number of nitrogens with one attached hydrogen (secondary N) is 2. The summed E-state index contributed by atoms with van der Waals surface area (Å²) in [5.74, 6) is 1.65. The molecule has 0 spiro atoms. The fraction of sp³-hybridized carbons (Fsp3) is 0.364. The molecule has 10 heteroatoms. The van der Waals surface area contributed by atoms with Crippen LogP contribution in [0.5, 0.6) is 0 Å². The second kappa shape index (κ2) is 11.5. The van der Waals surface area contributed by atoms with Gasteiger partial charge in [0.2, 0.25) is 0 Å². The molecule has 2 N–H and O–H groups in total. The van der Waals surface area contributed by atoms with Gasteiger partial charge in [-0.05, 0) is 24.6 Å². The van der Waals surface area contributed by atoms with E-state index in [1.54, 1.807) is 19.2 Å². The molecule has 1 amide bonds. The predicted molar refractivity (Wildman–Crippen MR) is 128 cm³/mol. The highest BCUT2D eigenvalue weighted by atomic mass is 32.2. The SMILES string of the molecule is CCn1c(=C(C#N)C(=O)NCC#N)sc(=CNc2cccc(CN3CCSCC3)c2)c1=O. The summed E-state index contributed by atoms with van der Waals surface area (Å²) in [6.45, 7) is 4.95. The number of nitriles is 2. The van der Waals surface area contributed by atoms with E-state index < -0.39 is 5.91 Å². The van der Waals surface area contributed by atoms with Crippen LogP contribution in [0.4, 0.5) is 5.69 Å².